The molecule has 64 heavy (non-hydrogen) atoms. The first-order chi connectivity index (χ1) is 30.6. The van der Waals surface area contributed by atoms with Gasteiger partial charge in [-0.1, -0.05) is 12.1 Å². The van der Waals surface area contributed by atoms with Gasteiger partial charge in [0.2, 0.25) is 15.9 Å². The second-order valence-electron chi connectivity index (χ2n) is 15.7. The minimum atomic E-state index is -3.99. The highest BCUT2D eigenvalue weighted by atomic mass is 32.2. The summed E-state index contributed by atoms with van der Waals surface area (Å²) in [5.74, 6) is -7.93. The molecule has 2 fully saturated rings. The van der Waals surface area contributed by atoms with Gasteiger partial charge in [0.1, 0.15) is 46.9 Å². The number of hydrogen-bond acceptors (Lipinski definition) is 9. The molecule has 1 N–H and O–H groups in total. The highest BCUT2D eigenvalue weighted by Crippen LogP contribution is 2.68. The van der Waals surface area contributed by atoms with Crippen LogP contribution in [0.4, 0.5) is 26.3 Å². The molecule has 1 aliphatic heterocycles. The van der Waals surface area contributed by atoms with E-state index in [4.69, 9.17) is 19.2 Å². The van der Waals surface area contributed by atoms with Crippen LogP contribution in [0.25, 0.3) is 27.7 Å². The predicted molar refractivity (Wildman–Crippen MR) is 218 cm³/mol. The maximum absolute atomic E-state index is 15.5. The lowest BCUT2D eigenvalue weighted by Gasteiger charge is -2.26. The Morgan fingerprint density at radius 3 is 2.27 bits per heavy atom. The van der Waals surface area contributed by atoms with Crippen LogP contribution >= 0.6 is 0 Å². The molecule has 9 rings (SSSR count). The van der Waals surface area contributed by atoms with Crippen molar-refractivity contribution in [3.05, 3.63) is 129 Å². The van der Waals surface area contributed by atoms with Crippen molar-refractivity contribution in [2.45, 2.75) is 48.6 Å². The standard InChI is InChI=1S/C44H38F6N6O7S/c1-61-34-4-3-5-35(62-2)37(34)24-6-11-29-32(19-24)52-42(56(43(29)58)27-7-9-28(10-8-27)64(59,60)54-12-14-63-15-13-54)33(18-23-16-25(45)20-26(46)17-23)51-36(57)22-55-40-38(39(53-55)41(47)48)30-21-31(30)44(40,49)50/h3-11,16-17,19-20,30-31,33,41H,12-15,18,21-22H2,1-2H3,(H,51,57)/t30?,31?,33-/m0/s1. The predicted octanol–water partition coefficient (Wildman–Crippen LogP) is 6.81. The molecule has 1 amide bonds. The van der Waals surface area contributed by atoms with Gasteiger partial charge in [-0.05, 0) is 84.1 Å². The minimum absolute atomic E-state index is 0.000709. The number of carbonyl (C=O) groups is 1. The summed E-state index contributed by atoms with van der Waals surface area (Å²) in [6.07, 6.45) is -3.64. The number of amides is 1. The molecule has 3 aliphatic rings. The molecule has 3 heterocycles. The minimum Gasteiger partial charge on any atom is -0.496 e. The molecule has 2 aromatic heterocycles. The molecule has 0 radical (unpaired) electrons. The number of methoxy groups -OCH3 is 2. The number of nitrogens with zero attached hydrogens (tertiary/aromatic N) is 5. The van der Waals surface area contributed by atoms with Crippen molar-refractivity contribution in [1.29, 1.82) is 0 Å². The van der Waals surface area contributed by atoms with E-state index in [2.05, 4.69) is 10.4 Å². The number of aromatic nitrogens is 4. The third kappa shape index (κ3) is 7.55. The van der Waals surface area contributed by atoms with Crippen LogP contribution in [-0.2, 0) is 38.4 Å². The Hall–Kier alpha value is -6.25. The fourth-order valence-corrected chi connectivity index (χ4v) is 10.2. The first-order valence-electron chi connectivity index (χ1n) is 20.1. The number of rotatable bonds is 13. The van der Waals surface area contributed by atoms with E-state index in [1.807, 2.05) is 0 Å². The summed E-state index contributed by atoms with van der Waals surface area (Å²) < 4.78 is 135. The maximum Gasteiger partial charge on any atom is 0.293 e. The van der Waals surface area contributed by atoms with Crippen LogP contribution < -0.4 is 20.3 Å². The number of morpholine rings is 1. The van der Waals surface area contributed by atoms with Gasteiger partial charge in [-0.2, -0.15) is 18.2 Å². The van der Waals surface area contributed by atoms with Gasteiger partial charge in [0.05, 0.1) is 60.5 Å². The van der Waals surface area contributed by atoms with E-state index in [1.54, 1.807) is 30.3 Å². The van der Waals surface area contributed by atoms with Crippen molar-refractivity contribution in [3.63, 3.8) is 0 Å². The molecule has 0 bridgehead atoms. The molecule has 6 aromatic rings. The second kappa shape index (κ2) is 16.4. The largest absolute Gasteiger partial charge is 0.496 e. The second-order valence-corrected chi connectivity index (χ2v) is 17.6. The lowest BCUT2D eigenvalue weighted by molar-refractivity contribution is -0.123. The number of halogens is 6. The lowest BCUT2D eigenvalue weighted by Crippen LogP contribution is -2.40. The van der Waals surface area contributed by atoms with Gasteiger partial charge in [-0.3, -0.25) is 18.8 Å². The number of benzene rings is 4. The van der Waals surface area contributed by atoms with Gasteiger partial charge in [-0.15, -0.1) is 0 Å². The van der Waals surface area contributed by atoms with Crippen LogP contribution in [0.3, 0.4) is 0 Å². The summed E-state index contributed by atoms with van der Waals surface area (Å²) in [7, 11) is -1.07. The van der Waals surface area contributed by atoms with Gasteiger partial charge in [-0.25, -0.2) is 31.0 Å². The lowest BCUT2D eigenvalue weighted by atomic mass is 10.0. The number of carbonyl (C=O) groups excluding carboxylic acids is 1. The Morgan fingerprint density at radius 2 is 1.62 bits per heavy atom. The van der Waals surface area contributed by atoms with Gasteiger partial charge in [0.15, 0.2) is 0 Å². The zero-order chi connectivity index (χ0) is 45.2. The van der Waals surface area contributed by atoms with Crippen LogP contribution in [0.5, 0.6) is 11.5 Å². The van der Waals surface area contributed by atoms with Gasteiger partial charge >= 0.3 is 0 Å². The van der Waals surface area contributed by atoms with E-state index in [0.29, 0.717) is 33.4 Å². The zero-order valence-electron chi connectivity index (χ0n) is 34.0. The molecule has 1 saturated heterocycles. The van der Waals surface area contributed by atoms with Crippen molar-refractivity contribution in [1.82, 2.24) is 29.0 Å². The molecule has 2 aliphatic carbocycles. The molecule has 0 spiro atoms. The summed E-state index contributed by atoms with van der Waals surface area (Å²) >= 11 is 0. The Bertz CT molecular complexity index is 2950. The smallest absolute Gasteiger partial charge is 0.293 e. The molecule has 2 unspecified atom stereocenters. The van der Waals surface area contributed by atoms with Crippen LogP contribution in [0, 0.1) is 17.6 Å². The zero-order valence-corrected chi connectivity index (χ0v) is 34.9. The summed E-state index contributed by atoms with van der Waals surface area (Å²) in [4.78, 5) is 33.7. The summed E-state index contributed by atoms with van der Waals surface area (Å²) in [5.41, 5.74) is -1.50. The molecule has 3 atom stereocenters. The average molecular weight is 909 g/mol. The van der Waals surface area contributed by atoms with E-state index < -0.39 is 87.7 Å². The monoisotopic (exact) mass is 908 g/mol. The fourth-order valence-electron chi connectivity index (χ4n) is 8.81. The molecule has 13 nitrogen and oxygen atoms in total. The Kier molecular flexibility index (Phi) is 11.0. The fraction of sp³-hybridized carbons (Fsp3) is 0.318. The van der Waals surface area contributed by atoms with Gasteiger partial charge < -0.3 is 19.5 Å². The SMILES string of the molecule is COc1cccc(OC)c1-c1ccc2c(=O)n(-c3ccc(S(=O)(=O)N4CCOCC4)cc3)c([C@H](Cc3cc(F)cc(F)c3)NC(=O)Cn3nc(C(F)F)c4c3C(F)(F)C3CC43)nc2c1. The van der Waals surface area contributed by atoms with E-state index in [0.717, 1.165) is 16.7 Å². The number of fused-ring (bicyclic) bond motifs is 4. The number of sulfonamides is 1. The number of ether oxygens (including phenoxy) is 3. The normalized spacial score (nSPS) is 18.5. The molecular formula is C44H38F6N6O7S. The number of hydrogen-bond donors (Lipinski definition) is 1. The Morgan fingerprint density at radius 1 is 0.953 bits per heavy atom. The first kappa shape index (κ1) is 43.0. The Balaban J connectivity index is 1.20. The van der Waals surface area contributed by atoms with Gasteiger partial charge in [0.25, 0.3) is 17.9 Å². The third-order valence-corrected chi connectivity index (χ3v) is 13.7. The van der Waals surface area contributed by atoms with Crippen LogP contribution in [-0.4, -0.2) is 78.5 Å². The van der Waals surface area contributed by atoms with Gasteiger partial charge in [0, 0.05) is 37.1 Å². The third-order valence-electron chi connectivity index (χ3n) is 11.8. The summed E-state index contributed by atoms with van der Waals surface area (Å²) in [6, 6.07) is 16.2. The topological polar surface area (TPSA) is 147 Å². The molecule has 1 saturated carbocycles. The van der Waals surface area contributed by atoms with E-state index in [9.17, 15) is 35.6 Å². The molecule has 334 valence electrons. The van der Waals surface area contributed by atoms with Crippen LogP contribution in [0.1, 0.15) is 53.1 Å². The summed E-state index contributed by atoms with van der Waals surface area (Å²) in [6.45, 7) is -0.326. The van der Waals surface area contributed by atoms with Crippen molar-refractivity contribution in [2.75, 3.05) is 40.5 Å². The van der Waals surface area contributed by atoms with Crippen LogP contribution in [0.15, 0.2) is 88.6 Å². The average Bonchev–Trinajstić information content (AvgIpc) is 3.94. The number of alkyl halides is 4. The molecule has 4 aromatic carbocycles. The maximum atomic E-state index is 15.5. The van der Waals surface area contributed by atoms with Crippen LogP contribution in [0.2, 0.25) is 0 Å². The van der Waals surface area contributed by atoms with E-state index in [-0.39, 0.29) is 71.2 Å². The van der Waals surface area contributed by atoms with Crippen molar-refractivity contribution in [2.24, 2.45) is 5.92 Å². The Labute approximate surface area is 361 Å². The first-order valence-corrected chi connectivity index (χ1v) is 21.5. The van der Waals surface area contributed by atoms with E-state index in [1.165, 1.54) is 48.9 Å². The quantitative estimate of drug-likeness (QED) is 0.124. The molecule has 20 heteroatoms. The molecular weight excluding hydrogens is 871 g/mol. The summed E-state index contributed by atoms with van der Waals surface area (Å²) in [5, 5.41) is 6.47. The highest BCUT2D eigenvalue weighted by Gasteiger charge is 2.67. The number of nitrogens with one attached hydrogen (secondary N) is 1. The highest BCUT2D eigenvalue weighted by molar-refractivity contribution is 7.89. The van der Waals surface area contributed by atoms with Crippen molar-refractivity contribution in [3.8, 4) is 28.3 Å². The van der Waals surface area contributed by atoms with E-state index >= 15 is 8.78 Å². The van der Waals surface area contributed by atoms with Crippen molar-refractivity contribution >= 4 is 26.8 Å². The van der Waals surface area contributed by atoms with Crippen molar-refractivity contribution < 1.29 is 53.8 Å².